The van der Waals surface area contributed by atoms with Gasteiger partial charge < -0.3 is 9.64 Å². The second-order valence-corrected chi connectivity index (χ2v) is 5.52. The maximum Gasteiger partial charge on any atom is 0.263 e. The third kappa shape index (κ3) is 3.48. The Morgan fingerprint density at radius 3 is 2.44 bits per heavy atom. The summed E-state index contributed by atoms with van der Waals surface area (Å²) in [6.07, 6.45) is 3.03. The van der Waals surface area contributed by atoms with E-state index in [1.807, 2.05) is 36.1 Å². The molecule has 0 radical (unpaired) electrons. The van der Waals surface area contributed by atoms with Crippen molar-refractivity contribution in [2.45, 2.75) is 32.3 Å². The first-order valence-electron chi connectivity index (χ1n) is 6.38. The van der Waals surface area contributed by atoms with E-state index in [0.717, 1.165) is 36.2 Å². The molecule has 3 nitrogen and oxygen atoms in total. The van der Waals surface area contributed by atoms with Gasteiger partial charge in [0.2, 0.25) is 0 Å². The van der Waals surface area contributed by atoms with Gasteiger partial charge in [0.15, 0.2) is 6.10 Å². The fourth-order valence-electron chi connectivity index (χ4n) is 2.14. The van der Waals surface area contributed by atoms with Crippen molar-refractivity contribution < 1.29 is 9.53 Å². The Labute approximate surface area is 116 Å². The van der Waals surface area contributed by atoms with Gasteiger partial charge in [0.05, 0.1) is 0 Å². The normalized spacial score (nSPS) is 17.3. The lowest BCUT2D eigenvalue weighted by Gasteiger charge is -2.29. The highest BCUT2D eigenvalue weighted by atomic mass is 79.9. The van der Waals surface area contributed by atoms with E-state index in [1.165, 1.54) is 6.42 Å². The smallest absolute Gasteiger partial charge is 0.263 e. The summed E-state index contributed by atoms with van der Waals surface area (Å²) in [7, 11) is 0. The molecular formula is C14H18BrNO2. The maximum absolute atomic E-state index is 12.2. The molecule has 1 aliphatic heterocycles. The average molecular weight is 312 g/mol. The number of halogens is 1. The van der Waals surface area contributed by atoms with Gasteiger partial charge in [-0.1, -0.05) is 15.9 Å². The second-order valence-electron chi connectivity index (χ2n) is 4.60. The van der Waals surface area contributed by atoms with Crippen molar-refractivity contribution in [3.63, 3.8) is 0 Å². The fourth-order valence-corrected chi connectivity index (χ4v) is 2.40. The first-order chi connectivity index (χ1) is 8.66. The number of hydrogen-bond acceptors (Lipinski definition) is 2. The minimum atomic E-state index is -0.413. The number of ether oxygens (including phenoxy) is 1. The Hall–Kier alpha value is -1.03. The van der Waals surface area contributed by atoms with Crippen LogP contribution in [0.5, 0.6) is 5.75 Å². The number of piperidine rings is 1. The number of carbonyl (C=O) groups excluding carboxylic acids is 1. The summed E-state index contributed by atoms with van der Waals surface area (Å²) in [6.45, 7) is 3.55. The molecule has 1 fully saturated rings. The van der Waals surface area contributed by atoms with Crippen LogP contribution in [0.4, 0.5) is 0 Å². The van der Waals surface area contributed by atoms with Crippen LogP contribution in [0.25, 0.3) is 0 Å². The predicted molar refractivity (Wildman–Crippen MR) is 74.7 cm³/mol. The van der Waals surface area contributed by atoms with E-state index < -0.39 is 6.10 Å². The van der Waals surface area contributed by atoms with E-state index in [-0.39, 0.29) is 5.91 Å². The van der Waals surface area contributed by atoms with E-state index in [0.29, 0.717) is 0 Å². The molecule has 0 saturated carbocycles. The van der Waals surface area contributed by atoms with Gasteiger partial charge in [-0.3, -0.25) is 4.79 Å². The summed E-state index contributed by atoms with van der Waals surface area (Å²) in [5, 5.41) is 0. The van der Waals surface area contributed by atoms with Crippen LogP contribution in [0.1, 0.15) is 26.2 Å². The summed E-state index contributed by atoms with van der Waals surface area (Å²) in [4.78, 5) is 14.1. The molecule has 0 aliphatic carbocycles. The van der Waals surface area contributed by atoms with E-state index in [4.69, 9.17) is 4.74 Å². The molecule has 18 heavy (non-hydrogen) atoms. The van der Waals surface area contributed by atoms with Crippen LogP contribution in [0.2, 0.25) is 0 Å². The van der Waals surface area contributed by atoms with Crippen LogP contribution in [0.3, 0.4) is 0 Å². The Bertz CT molecular complexity index is 399. The molecule has 0 unspecified atom stereocenters. The molecule has 0 spiro atoms. The molecule has 0 N–H and O–H groups in total. The minimum absolute atomic E-state index is 0.0950. The molecule has 98 valence electrons. The molecule has 1 aromatic carbocycles. The largest absolute Gasteiger partial charge is 0.481 e. The van der Waals surface area contributed by atoms with Gasteiger partial charge in [-0.15, -0.1) is 0 Å². The van der Waals surface area contributed by atoms with Crippen LogP contribution in [0, 0.1) is 0 Å². The number of benzene rings is 1. The number of nitrogens with zero attached hydrogens (tertiary/aromatic N) is 1. The molecular weight excluding hydrogens is 294 g/mol. The van der Waals surface area contributed by atoms with Gasteiger partial charge in [0.1, 0.15) is 5.75 Å². The summed E-state index contributed by atoms with van der Waals surface area (Å²) in [5.74, 6) is 0.827. The molecule has 2 rings (SSSR count). The van der Waals surface area contributed by atoms with Crippen LogP contribution in [0.15, 0.2) is 28.7 Å². The lowest BCUT2D eigenvalue weighted by molar-refractivity contribution is -0.138. The quantitative estimate of drug-likeness (QED) is 0.857. The van der Waals surface area contributed by atoms with Gasteiger partial charge in [-0.25, -0.2) is 0 Å². The summed E-state index contributed by atoms with van der Waals surface area (Å²) in [6, 6.07) is 7.55. The van der Waals surface area contributed by atoms with Gasteiger partial charge in [0, 0.05) is 17.6 Å². The monoisotopic (exact) mass is 311 g/mol. The Balaban J connectivity index is 1.92. The Morgan fingerprint density at radius 1 is 1.22 bits per heavy atom. The third-order valence-electron chi connectivity index (χ3n) is 3.14. The number of carbonyl (C=O) groups is 1. The van der Waals surface area contributed by atoms with Crippen LogP contribution < -0.4 is 4.74 Å². The van der Waals surface area contributed by atoms with E-state index in [2.05, 4.69) is 15.9 Å². The highest BCUT2D eigenvalue weighted by Gasteiger charge is 2.23. The molecule has 1 aliphatic rings. The Kier molecular flexibility index (Phi) is 4.64. The van der Waals surface area contributed by atoms with Crippen molar-refractivity contribution in [1.29, 1.82) is 0 Å². The molecule has 1 amide bonds. The zero-order valence-corrected chi connectivity index (χ0v) is 12.1. The molecule has 0 aromatic heterocycles. The number of amides is 1. The van der Waals surface area contributed by atoms with Crippen molar-refractivity contribution >= 4 is 21.8 Å². The zero-order chi connectivity index (χ0) is 13.0. The SMILES string of the molecule is C[C@@H](Oc1ccc(Br)cc1)C(=O)N1CCCCC1. The topological polar surface area (TPSA) is 29.5 Å². The lowest BCUT2D eigenvalue weighted by Crippen LogP contribution is -2.43. The second kappa shape index (κ2) is 6.23. The maximum atomic E-state index is 12.2. The molecule has 1 atom stereocenters. The summed E-state index contributed by atoms with van der Waals surface area (Å²) < 4.78 is 6.68. The number of rotatable bonds is 3. The molecule has 4 heteroatoms. The van der Waals surface area contributed by atoms with E-state index in [9.17, 15) is 4.79 Å². The highest BCUT2D eigenvalue weighted by Crippen LogP contribution is 2.18. The van der Waals surface area contributed by atoms with Crippen LogP contribution >= 0.6 is 15.9 Å². The summed E-state index contributed by atoms with van der Waals surface area (Å²) >= 11 is 3.37. The standard InChI is InChI=1S/C14H18BrNO2/c1-11(14(17)16-9-3-2-4-10-16)18-13-7-5-12(15)6-8-13/h5-8,11H,2-4,9-10H2,1H3/t11-/m1/s1. The Morgan fingerprint density at radius 2 is 1.83 bits per heavy atom. The number of hydrogen-bond donors (Lipinski definition) is 0. The van der Waals surface area contributed by atoms with Gasteiger partial charge in [0.25, 0.3) is 5.91 Å². The number of likely N-dealkylation sites (tertiary alicyclic amines) is 1. The lowest BCUT2D eigenvalue weighted by atomic mass is 10.1. The van der Waals surface area contributed by atoms with Crippen molar-refractivity contribution in [2.24, 2.45) is 0 Å². The molecule has 1 heterocycles. The van der Waals surface area contributed by atoms with Gasteiger partial charge >= 0.3 is 0 Å². The first kappa shape index (κ1) is 13.4. The van der Waals surface area contributed by atoms with Crippen LogP contribution in [-0.4, -0.2) is 30.0 Å². The average Bonchev–Trinajstić information content (AvgIpc) is 2.41. The van der Waals surface area contributed by atoms with Crippen molar-refractivity contribution in [3.05, 3.63) is 28.7 Å². The van der Waals surface area contributed by atoms with E-state index in [1.54, 1.807) is 0 Å². The summed E-state index contributed by atoms with van der Waals surface area (Å²) in [5.41, 5.74) is 0. The molecule has 0 bridgehead atoms. The van der Waals surface area contributed by atoms with Gasteiger partial charge in [-0.2, -0.15) is 0 Å². The van der Waals surface area contributed by atoms with Crippen molar-refractivity contribution in [1.82, 2.24) is 4.90 Å². The van der Waals surface area contributed by atoms with Crippen LogP contribution in [-0.2, 0) is 4.79 Å². The fraction of sp³-hybridized carbons (Fsp3) is 0.500. The van der Waals surface area contributed by atoms with Crippen molar-refractivity contribution in [3.8, 4) is 5.75 Å². The third-order valence-corrected chi connectivity index (χ3v) is 3.67. The van der Waals surface area contributed by atoms with Crippen molar-refractivity contribution in [2.75, 3.05) is 13.1 Å². The van der Waals surface area contributed by atoms with Gasteiger partial charge in [-0.05, 0) is 50.5 Å². The van der Waals surface area contributed by atoms with E-state index >= 15 is 0 Å². The zero-order valence-electron chi connectivity index (χ0n) is 10.6. The predicted octanol–water partition coefficient (Wildman–Crippen LogP) is 3.23. The highest BCUT2D eigenvalue weighted by molar-refractivity contribution is 9.10. The minimum Gasteiger partial charge on any atom is -0.481 e. The molecule has 1 saturated heterocycles. The first-order valence-corrected chi connectivity index (χ1v) is 7.17. The molecule has 1 aromatic rings.